The molecule has 0 aliphatic heterocycles. The summed E-state index contributed by atoms with van der Waals surface area (Å²) in [4.78, 5) is 17.9. The number of aryl methyl sites for hydroxylation is 2. The lowest BCUT2D eigenvalue weighted by molar-refractivity contribution is 0.0951. The molecule has 1 amide bonds. The highest BCUT2D eigenvalue weighted by atomic mass is 79.9. The highest BCUT2D eigenvalue weighted by Crippen LogP contribution is 2.27. The monoisotopic (exact) mass is 452 g/mol. The smallest absolute Gasteiger partial charge is 0.252 e. The third-order valence-electron chi connectivity index (χ3n) is 5.09. The first kappa shape index (κ1) is 19.3. The summed E-state index contributed by atoms with van der Waals surface area (Å²) < 4.78 is 4.54. The molecule has 4 rings (SSSR count). The molecule has 0 atom stereocenters. The van der Waals surface area contributed by atoms with Gasteiger partial charge in [-0.25, -0.2) is 4.98 Å². The normalized spacial score (nSPS) is 11.2. The maximum absolute atomic E-state index is 13.1. The Bertz CT molecular complexity index is 1210. The molecule has 3 aromatic heterocycles. The van der Waals surface area contributed by atoms with E-state index in [0.717, 1.165) is 44.6 Å². The number of aromatic nitrogens is 5. The Morgan fingerprint density at radius 1 is 1.21 bits per heavy atom. The number of carbonyl (C=O) groups is 1. The summed E-state index contributed by atoms with van der Waals surface area (Å²) >= 11 is 3.50. The number of hydrogen-bond donors (Lipinski definition) is 1. The summed E-state index contributed by atoms with van der Waals surface area (Å²) in [6.45, 7) is 5.12. The molecule has 3 heterocycles. The second kappa shape index (κ2) is 7.79. The van der Waals surface area contributed by atoms with Crippen molar-refractivity contribution in [3.63, 3.8) is 0 Å². The van der Waals surface area contributed by atoms with Crippen LogP contribution < -0.4 is 5.32 Å². The average molecular weight is 453 g/mol. The SMILES string of the molecule is CCn1ncc(Br)c1CNC(=O)c1cc(-c2cnn(C)c2C)nc2ccccc12. The number of rotatable bonds is 5. The first-order valence-electron chi connectivity index (χ1n) is 9.36. The molecule has 0 aliphatic carbocycles. The molecule has 0 unspecified atom stereocenters. The number of nitrogens with one attached hydrogen (secondary N) is 1. The van der Waals surface area contributed by atoms with E-state index in [2.05, 4.69) is 31.4 Å². The van der Waals surface area contributed by atoms with Gasteiger partial charge < -0.3 is 5.32 Å². The van der Waals surface area contributed by atoms with Crippen molar-refractivity contribution in [2.75, 3.05) is 0 Å². The molecule has 1 aromatic carbocycles. The van der Waals surface area contributed by atoms with E-state index >= 15 is 0 Å². The number of fused-ring (bicyclic) bond motifs is 1. The molecule has 148 valence electrons. The number of para-hydroxylation sites is 1. The van der Waals surface area contributed by atoms with Crippen LogP contribution in [-0.4, -0.2) is 30.5 Å². The summed E-state index contributed by atoms with van der Waals surface area (Å²) in [5.74, 6) is -0.151. The van der Waals surface area contributed by atoms with Gasteiger partial charge in [-0.3, -0.25) is 14.2 Å². The summed E-state index contributed by atoms with van der Waals surface area (Å²) in [5, 5.41) is 12.5. The van der Waals surface area contributed by atoms with E-state index < -0.39 is 0 Å². The van der Waals surface area contributed by atoms with Crippen molar-refractivity contribution in [1.29, 1.82) is 0 Å². The van der Waals surface area contributed by atoms with Crippen molar-refractivity contribution in [2.24, 2.45) is 7.05 Å². The zero-order valence-electron chi connectivity index (χ0n) is 16.5. The first-order chi connectivity index (χ1) is 14.0. The highest BCUT2D eigenvalue weighted by molar-refractivity contribution is 9.10. The Morgan fingerprint density at radius 2 is 2.00 bits per heavy atom. The third-order valence-corrected chi connectivity index (χ3v) is 5.75. The van der Waals surface area contributed by atoms with Gasteiger partial charge in [0.2, 0.25) is 0 Å². The lowest BCUT2D eigenvalue weighted by Gasteiger charge is -2.11. The van der Waals surface area contributed by atoms with E-state index in [4.69, 9.17) is 4.98 Å². The number of hydrogen-bond acceptors (Lipinski definition) is 4. The summed E-state index contributed by atoms with van der Waals surface area (Å²) in [7, 11) is 1.89. The molecular formula is C21H21BrN6O. The Morgan fingerprint density at radius 3 is 2.72 bits per heavy atom. The van der Waals surface area contributed by atoms with Crippen LogP contribution >= 0.6 is 15.9 Å². The second-order valence-corrected chi connectivity index (χ2v) is 7.63. The molecule has 0 saturated carbocycles. The van der Waals surface area contributed by atoms with Gasteiger partial charge in [0.25, 0.3) is 5.91 Å². The minimum absolute atomic E-state index is 0.151. The van der Waals surface area contributed by atoms with E-state index in [-0.39, 0.29) is 5.91 Å². The third kappa shape index (κ3) is 3.55. The van der Waals surface area contributed by atoms with Crippen LogP contribution in [0.3, 0.4) is 0 Å². The summed E-state index contributed by atoms with van der Waals surface area (Å²) in [6, 6.07) is 9.52. The second-order valence-electron chi connectivity index (χ2n) is 6.78. The van der Waals surface area contributed by atoms with E-state index in [0.29, 0.717) is 12.1 Å². The van der Waals surface area contributed by atoms with Gasteiger partial charge in [0.1, 0.15) is 0 Å². The Balaban J connectivity index is 1.73. The van der Waals surface area contributed by atoms with Gasteiger partial charge >= 0.3 is 0 Å². The summed E-state index contributed by atoms with van der Waals surface area (Å²) in [6.07, 6.45) is 3.53. The largest absolute Gasteiger partial charge is 0.346 e. The van der Waals surface area contributed by atoms with E-state index in [1.807, 2.05) is 55.9 Å². The molecule has 0 spiro atoms. The van der Waals surface area contributed by atoms with Gasteiger partial charge in [-0.2, -0.15) is 10.2 Å². The fraction of sp³-hybridized carbons (Fsp3) is 0.238. The predicted molar refractivity (Wildman–Crippen MR) is 115 cm³/mol. The zero-order chi connectivity index (χ0) is 20.5. The van der Waals surface area contributed by atoms with Gasteiger partial charge in [0.15, 0.2) is 0 Å². The standard InChI is InChI=1S/C21H21BrN6O/c1-4-28-20(17(22)11-25-28)12-23-21(29)15-9-19(16-10-24-27(3)13(16)2)26-18-8-6-5-7-14(15)18/h5-11H,4,12H2,1-3H3,(H,23,29). The molecule has 0 aliphatic rings. The number of nitrogens with zero attached hydrogens (tertiary/aromatic N) is 5. The van der Waals surface area contributed by atoms with Crippen LogP contribution in [0, 0.1) is 6.92 Å². The van der Waals surface area contributed by atoms with Crippen molar-refractivity contribution >= 4 is 32.7 Å². The first-order valence-corrected chi connectivity index (χ1v) is 10.2. The van der Waals surface area contributed by atoms with Crippen molar-refractivity contribution < 1.29 is 4.79 Å². The van der Waals surface area contributed by atoms with Crippen LogP contribution in [0.5, 0.6) is 0 Å². The van der Waals surface area contributed by atoms with Crippen LogP contribution in [0.4, 0.5) is 0 Å². The lowest BCUT2D eigenvalue weighted by atomic mass is 10.0. The average Bonchev–Trinajstić information content (AvgIpc) is 3.26. The molecule has 0 fully saturated rings. The maximum Gasteiger partial charge on any atom is 0.252 e. The Labute approximate surface area is 176 Å². The van der Waals surface area contributed by atoms with Crippen LogP contribution in [0.25, 0.3) is 22.2 Å². The van der Waals surface area contributed by atoms with Crippen LogP contribution in [-0.2, 0) is 20.1 Å². The van der Waals surface area contributed by atoms with E-state index in [1.165, 1.54) is 0 Å². The molecule has 0 radical (unpaired) electrons. The topological polar surface area (TPSA) is 77.6 Å². The molecule has 1 N–H and O–H groups in total. The quantitative estimate of drug-likeness (QED) is 0.498. The Hall–Kier alpha value is -3.00. The van der Waals surface area contributed by atoms with Crippen molar-refractivity contribution in [1.82, 2.24) is 29.9 Å². The minimum Gasteiger partial charge on any atom is -0.346 e. The maximum atomic E-state index is 13.1. The molecule has 8 heteroatoms. The van der Waals surface area contributed by atoms with Crippen molar-refractivity contribution in [2.45, 2.75) is 26.9 Å². The number of amides is 1. The van der Waals surface area contributed by atoms with E-state index in [1.54, 1.807) is 17.1 Å². The fourth-order valence-electron chi connectivity index (χ4n) is 3.35. The van der Waals surface area contributed by atoms with E-state index in [9.17, 15) is 4.79 Å². The number of halogens is 1. The molecule has 29 heavy (non-hydrogen) atoms. The van der Waals surface area contributed by atoms with Gasteiger partial charge in [0, 0.05) is 30.2 Å². The van der Waals surface area contributed by atoms with Gasteiger partial charge in [-0.1, -0.05) is 18.2 Å². The van der Waals surface area contributed by atoms with Gasteiger partial charge in [-0.15, -0.1) is 0 Å². The Kier molecular flexibility index (Phi) is 5.19. The van der Waals surface area contributed by atoms with Crippen LogP contribution in [0.2, 0.25) is 0 Å². The molecule has 0 bridgehead atoms. The van der Waals surface area contributed by atoms with Gasteiger partial charge in [0.05, 0.1) is 45.9 Å². The van der Waals surface area contributed by atoms with Crippen LogP contribution in [0.1, 0.15) is 28.7 Å². The lowest BCUT2D eigenvalue weighted by Crippen LogP contribution is -2.25. The highest BCUT2D eigenvalue weighted by Gasteiger charge is 2.17. The van der Waals surface area contributed by atoms with Crippen molar-refractivity contribution in [3.05, 3.63) is 64.1 Å². The molecule has 4 aromatic rings. The predicted octanol–water partition coefficient (Wildman–Crippen LogP) is 3.85. The van der Waals surface area contributed by atoms with Gasteiger partial charge in [-0.05, 0) is 41.9 Å². The summed E-state index contributed by atoms with van der Waals surface area (Å²) in [5.41, 5.74) is 4.95. The molecule has 0 saturated heterocycles. The molecule has 7 nitrogen and oxygen atoms in total. The minimum atomic E-state index is -0.151. The molecular weight excluding hydrogens is 432 g/mol. The zero-order valence-corrected chi connectivity index (χ0v) is 18.1. The number of benzene rings is 1. The van der Waals surface area contributed by atoms with Crippen molar-refractivity contribution in [3.8, 4) is 11.3 Å². The van der Waals surface area contributed by atoms with Crippen LogP contribution in [0.15, 0.2) is 47.2 Å². The number of carbonyl (C=O) groups excluding carboxylic acids is 1. The number of pyridine rings is 1. The fourth-order valence-corrected chi connectivity index (χ4v) is 3.78.